The summed E-state index contributed by atoms with van der Waals surface area (Å²) in [6.45, 7) is 3.29. The van der Waals surface area contributed by atoms with E-state index in [2.05, 4.69) is 42.6 Å². The lowest BCUT2D eigenvalue weighted by atomic mass is 9.71. The van der Waals surface area contributed by atoms with Crippen molar-refractivity contribution in [1.82, 2.24) is 5.32 Å². The minimum Gasteiger partial charge on any atom is -0.310 e. The summed E-state index contributed by atoms with van der Waals surface area (Å²) in [7, 11) is 0. The average molecular weight is 227 g/mol. The van der Waals surface area contributed by atoms with Crippen molar-refractivity contribution in [1.29, 1.82) is 0 Å². The van der Waals surface area contributed by atoms with Gasteiger partial charge in [0.05, 0.1) is 0 Å². The molecule has 0 spiro atoms. The molecule has 1 aromatic rings. The minimum absolute atomic E-state index is 0.595. The van der Waals surface area contributed by atoms with Crippen LogP contribution < -0.4 is 5.32 Å². The van der Waals surface area contributed by atoms with E-state index in [-0.39, 0.29) is 0 Å². The predicted octanol–water partition coefficient (Wildman–Crippen LogP) is 3.41. The molecular weight excluding hydrogens is 206 g/mol. The van der Waals surface area contributed by atoms with Crippen LogP contribution in [-0.2, 0) is 6.42 Å². The van der Waals surface area contributed by atoms with E-state index in [0.717, 1.165) is 12.5 Å². The monoisotopic (exact) mass is 227 g/mol. The van der Waals surface area contributed by atoms with E-state index in [1.54, 1.807) is 16.7 Å². The van der Waals surface area contributed by atoms with Crippen molar-refractivity contribution in [3.8, 4) is 0 Å². The van der Waals surface area contributed by atoms with Gasteiger partial charge in [-0.15, -0.1) is 0 Å². The van der Waals surface area contributed by atoms with Gasteiger partial charge in [-0.3, -0.25) is 0 Å². The van der Waals surface area contributed by atoms with Crippen molar-refractivity contribution in [3.63, 3.8) is 0 Å². The third-order valence-corrected chi connectivity index (χ3v) is 4.20. The van der Waals surface area contributed by atoms with Crippen LogP contribution >= 0.6 is 0 Å². The van der Waals surface area contributed by atoms with Gasteiger partial charge >= 0.3 is 0 Å². The molecule has 0 radical (unpaired) electrons. The van der Waals surface area contributed by atoms with Gasteiger partial charge < -0.3 is 5.32 Å². The third-order valence-electron chi connectivity index (χ3n) is 4.20. The zero-order valence-corrected chi connectivity index (χ0v) is 10.6. The lowest BCUT2D eigenvalue weighted by Crippen LogP contribution is -2.41. The highest BCUT2D eigenvalue weighted by Crippen LogP contribution is 2.41. The molecule has 0 amide bonds. The van der Waals surface area contributed by atoms with Crippen molar-refractivity contribution >= 4 is 0 Å². The van der Waals surface area contributed by atoms with E-state index in [4.69, 9.17) is 0 Å². The van der Waals surface area contributed by atoms with Crippen LogP contribution in [0.4, 0.5) is 0 Å². The van der Waals surface area contributed by atoms with Crippen molar-refractivity contribution < 1.29 is 0 Å². The van der Waals surface area contributed by atoms with E-state index in [1.807, 2.05) is 0 Å². The normalized spacial score (nSPS) is 23.8. The maximum absolute atomic E-state index is 3.70. The summed E-state index contributed by atoms with van der Waals surface area (Å²) in [4.78, 5) is 0. The molecule has 2 unspecified atom stereocenters. The minimum atomic E-state index is 0.595. The van der Waals surface area contributed by atoms with E-state index in [0.29, 0.717) is 6.04 Å². The van der Waals surface area contributed by atoms with Crippen LogP contribution in [0.1, 0.15) is 43.2 Å². The number of allylic oxidation sites excluding steroid dienone is 1. The molecule has 1 nitrogen and oxygen atoms in total. The lowest BCUT2D eigenvalue weighted by Gasteiger charge is -2.38. The van der Waals surface area contributed by atoms with Gasteiger partial charge in [-0.05, 0) is 43.4 Å². The Morgan fingerprint density at radius 2 is 2.24 bits per heavy atom. The highest BCUT2D eigenvalue weighted by atomic mass is 14.9. The fourth-order valence-electron chi connectivity index (χ4n) is 3.32. The molecule has 0 fully saturated rings. The van der Waals surface area contributed by atoms with Crippen LogP contribution in [-0.4, -0.2) is 12.6 Å². The molecule has 0 saturated heterocycles. The Labute approximate surface area is 104 Å². The first-order valence-electron chi connectivity index (χ1n) is 6.90. The Balaban J connectivity index is 1.82. The molecule has 2 atom stereocenters. The molecule has 0 saturated carbocycles. The zero-order chi connectivity index (χ0) is 11.7. The maximum Gasteiger partial charge on any atom is 0.0351 e. The number of hydrogen-bond acceptors (Lipinski definition) is 1. The van der Waals surface area contributed by atoms with E-state index in [1.165, 1.54) is 25.7 Å². The first kappa shape index (κ1) is 11.0. The quantitative estimate of drug-likeness (QED) is 0.777. The fraction of sp³-hybridized carbons (Fsp3) is 0.500. The van der Waals surface area contributed by atoms with E-state index >= 15 is 0 Å². The SMILES string of the molecule is CCNC(C1=CCCC1)C1Cc2ccccc21. The summed E-state index contributed by atoms with van der Waals surface area (Å²) in [6.07, 6.45) is 7.66. The Morgan fingerprint density at radius 3 is 2.94 bits per heavy atom. The molecular formula is C16H21N. The van der Waals surface area contributed by atoms with Crippen LogP contribution in [0.15, 0.2) is 35.9 Å². The largest absolute Gasteiger partial charge is 0.310 e. The average Bonchev–Trinajstić information content (AvgIpc) is 2.83. The number of hydrogen-bond donors (Lipinski definition) is 1. The maximum atomic E-state index is 3.70. The number of fused-ring (bicyclic) bond motifs is 1. The molecule has 0 aromatic heterocycles. The third kappa shape index (κ3) is 1.93. The molecule has 1 N–H and O–H groups in total. The number of nitrogens with one attached hydrogen (secondary N) is 1. The number of rotatable bonds is 4. The molecule has 90 valence electrons. The Morgan fingerprint density at radius 1 is 1.35 bits per heavy atom. The Bertz CT molecular complexity index is 433. The zero-order valence-electron chi connectivity index (χ0n) is 10.6. The summed E-state index contributed by atoms with van der Waals surface area (Å²) in [5, 5.41) is 3.70. The van der Waals surface area contributed by atoms with Gasteiger partial charge in [0.2, 0.25) is 0 Å². The number of benzene rings is 1. The van der Waals surface area contributed by atoms with Crippen molar-refractivity contribution in [2.24, 2.45) is 0 Å². The molecule has 0 aliphatic heterocycles. The standard InChI is InChI=1S/C16H21N/c1-2-17-16(12-7-3-4-8-12)15-11-13-9-5-6-10-14(13)15/h5-7,9-10,15-17H,2-4,8,11H2,1H3. The highest BCUT2D eigenvalue weighted by Gasteiger charge is 2.34. The predicted molar refractivity (Wildman–Crippen MR) is 72.3 cm³/mol. The van der Waals surface area contributed by atoms with Crippen molar-refractivity contribution in [2.45, 2.75) is 44.6 Å². The van der Waals surface area contributed by atoms with Crippen LogP contribution in [0.25, 0.3) is 0 Å². The number of likely N-dealkylation sites (N-methyl/N-ethyl adjacent to an activating group) is 1. The molecule has 17 heavy (non-hydrogen) atoms. The summed E-state index contributed by atoms with van der Waals surface area (Å²) in [5.41, 5.74) is 4.79. The highest BCUT2D eigenvalue weighted by molar-refractivity contribution is 5.43. The molecule has 2 aliphatic rings. The van der Waals surface area contributed by atoms with Gasteiger partial charge in [0.25, 0.3) is 0 Å². The molecule has 3 rings (SSSR count). The second-order valence-electron chi connectivity index (χ2n) is 5.22. The van der Waals surface area contributed by atoms with Gasteiger partial charge in [0.15, 0.2) is 0 Å². The van der Waals surface area contributed by atoms with E-state index in [9.17, 15) is 0 Å². The second kappa shape index (κ2) is 4.66. The van der Waals surface area contributed by atoms with Gasteiger partial charge in [-0.2, -0.15) is 0 Å². The summed E-state index contributed by atoms with van der Waals surface area (Å²) >= 11 is 0. The first-order chi connectivity index (χ1) is 8.40. The first-order valence-corrected chi connectivity index (χ1v) is 6.90. The van der Waals surface area contributed by atoms with Crippen LogP contribution in [0.3, 0.4) is 0 Å². The summed E-state index contributed by atoms with van der Waals surface area (Å²) < 4.78 is 0. The van der Waals surface area contributed by atoms with Crippen molar-refractivity contribution in [3.05, 3.63) is 47.0 Å². The van der Waals surface area contributed by atoms with Crippen LogP contribution in [0.2, 0.25) is 0 Å². The van der Waals surface area contributed by atoms with Gasteiger partial charge in [0.1, 0.15) is 0 Å². The van der Waals surface area contributed by atoms with Crippen molar-refractivity contribution in [2.75, 3.05) is 6.54 Å². The fourth-order valence-corrected chi connectivity index (χ4v) is 3.32. The van der Waals surface area contributed by atoms with E-state index < -0.39 is 0 Å². The summed E-state index contributed by atoms with van der Waals surface area (Å²) in [5.74, 6) is 0.718. The smallest absolute Gasteiger partial charge is 0.0351 e. The van der Waals surface area contributed by atoms with Crippen LogP contribution in [0, 0.1) is 0 Å². The molecule has 0 bridgehead atoms. The van der Waals surface area contributed by atoms with Crippen LogP contribution in [0.5, 0.6) is 0 Å². The van der Waals surface area contributed by atoms with Gasteiger partial charge in [-0.25, -0.2) is 0 Å². The molecule has 1 aromatic carbocycles. The van der Waals surface area contributed by atoms with Gasteiger partial charge in [0, 0.05) is 12.0 Å². The summed E-state index contributed by atoms with van der Waals surface area (Å²) in [6, 6.07) is 9.52. The topological polar surface area (TPSA) is 12.0 Å². The lowest BCUT2D eigenvalue weighted by molar-refractivity contribution is 0.445. The Hall–Kier alpha value is -1.08. The molecule has 0 heterocycles. The molecule has 1 heteroatoms. The second-order valence-corrected chi connectivity index (χ2v) is 5.22. The van der Waals surface area contributed by atoms with Gasteiger partial charge in [-0.1, -0.05) is 42.8 Å². The molecule has 2 aliphatic carbocycles. The Kier molecular flexibility index (Phi) is 3.02.